The van der Waals surface area contributed by atoms with Crippen molar-refractivity contribution in [1.82, 2.24) is 15.3 Å². The van der Waals surface area contributed by atoms with E-state index in [4.69, 9.17) is 0 Å². The standard InChI is InChI=1S/C13H21N3S/c1-10(2)15-9-11-6-7-14-13(16-11)12-5-3-4-8-17-12/h6-7,10,12,15H,3-5,8-9H2,1-2H3. The van der Waals surface area contributed by atoms with E-state index >= 15 is 0 Å². The molecule has 1 aromatic heterocycles. The molecule has 94 valence electrons. The first-order chi connectivity index (χ1) is 8.25. The SMILES string of the molecule is CC(C)NCc1ccnc(C2CCCCS2)n1. The van der Waals surface area contributed by atoms with Gasteiger partial charge in [-0.3, -0.25) is 0 Å². The molecule has 1 unspecified atom stereocenters. The largest absolute Gasteiger partial charge is 0.309 e. The maximum Gasteiger partial charge on any atom is 0.141 e. The molecule has 1 aliphatic rings. The summed E-state index contributed by atoms with van der Waals surface area (Å²) in [4.78, 5) is 9.10. The second-order valence-corrected chi connectivity index (χ2v) is 6.11. The lowest BCUT2D eigenvalue weighted by Crippen LogP contribution is -2.23. The lowest BCUT2D eigenvalue weighted by Gasteiger charge is -2.20. The zero-order chi connectivity index (χ0) is 12.1. The van der Waals surface area contributed by atoms with Crippen molar-refractivity contribution in [1.29, 1.82) is 0 Å². The van der Waals surface area contributed by atoms with Crippen molar-refractivity contribution in [3.05, 3.63) is 23.8 Å². The van der Waals surface area contributed by atoms with E-state index < -0.39 is 0 Å². The molecule has 1 aromatic rings. The van der Waals surface area contributed by atoms with Gasteiger partial charge in [0.15, 0.2) is 0 Å². The first-order valence-corrected chi connectivity index (χ1v) is 7.47. The molecule has 0 spiro atoms. The van der Waals surface area contributed by atoms with Crippen molar-refractivity contribution in [2.45, 2.75) is 50.9 Å². The van der Waals surface area contributed by atoms with Crippen molar-refractivity contribution in [3.63, 3.8) is 0 Å². The summed E-state index contributed by atoms with van der Waals surface area (Å²) >= 11 is 2.00. The highest BCUT2D eigenvalue weighted by Gasteiger charge is 2.18. The van der Waals surface area contributed by atoms with Gasteiger partial charge in [0.1, 0.15) is 5.82 Å². The molecule has 0 bridgehead atoms. The van der Waals surface area contributed by atoms with Crippen LogP contribution in [0.4, 0.5) is 0 Å². The van der Waals surface area contributed by atoms with E-state index in [-0.39, 0.29) is 0 Å². The van der Waals surface area contributed by atoms with E-state index in [1.54, 1.807) is 0 Å². The summed E-state index contributed by atoms with van der Waals surface area (Å²) in [7, 11) is 0. The Labute approximate surface area is 108 Å². The quantitative estimate of drug-likeness (QED) is 0.893. The molecular formula is C13H21N3S. The summed E-state index contributed by atoms with van der Waals surface area (Å²) in [6.45, 7) is 5.14. The third-order valence-corrected chi connectivity index (χ3v) is 4.26. The fraction of sp³-hybridized carbons (Fsp3) is 0.692. The average Bonchev–Trinajstić information content (AvgIpc) is 2.38. The van der Waals surface area contributed by atoms with Crippen molar-refractivity contribution >= 4 is 11.8 Å². The Bertz CT molecular complexity index is 348. The Balaban J connectivity index is 2.00. The van der Waals surface area contributed by atoms with Gasteiger partial charge >= 0.3 is 0 Å². The second-order valence-electron chi connectivity index (χ2n) is 4.80. The summed E-state index contributed by atoms with van der Waals surface area (Å²) in [5.41, 5.74) is 1.11. The minimum atomic E-state index is 0.498. The van der Waals surface area contributed by atoms with Gasteiger partial charge in [-0.25, -0.2) is 9.97 Å². The van der Waals surface area contributed by atoms with Crippen molar-refractivity contribution in [2.24, 2.45) is 0 Å². The number of nitrogens with one attached hydrogen (secondary N) is 1. The fourth-order valence-corrected chi connectivity index (χ4v) is 3.17. The second kappa shape index (κ2) is 6.36. The highest BCUT2D eigenvalue weighted by molar-refractivity contribution is 7.99. The first-order valence-electron chi connectivity index (χ1n) is 6.42. The van der Waals surface area contributed by atoms with Gasteiger partial charge in [0.25, 0.3) is 0 Å². The molecule has 3 nitrogen and oxygen atoms in total. The van der Waals surface area contributed by atoms with Gasteiger partial charge in [0.2, 0.25) is 0 Å². The fourth-order valence-electron chi connectivity index (χ4n) is 1.92. The summed E-state index contributed by atoms with van der Waals surface area (Å²) in [5.74, 6) is 2.28. The van der Waals surface area contributed by atoms with Crippen LogP contribution in [0.25, 0.3) is 0 Å². The Morgan fingerprint density at radius 3 is 3.06 bits per heavy atom. The Morgan fingerprint density at radius 1 is 1.47 bits per heavy atom. The predicted molar refractivity (Wildman–Crippen MR) is 73.1 cm³/mol. The Kier molecular flexibility index (Phi) is 4.80. The van der Waals surface area contributed by atoms with Crippen LogP contribution in [-0.2, 0) is 6.54 Å². The molecule has 1 atom stereocenters. The van der Waals surface area contributed by atoms with Gasteiger partial charge in [-0.1, -0.05) is 20.3 Å². The van der Waals surface area contributed by atoms with Crippen molar-refractivity contribution in [3.8, 4) is 0 Å². The highest BCUT2D eigenvalue weighted by atomic mass is 32.2. The first kappa shape index (κ1) is 12.8. The van der Waals surface area contributed by atoms with Gasteiger partial charge in [-0.05, 0) is 24.7 Å². The average molecular weight is 251 g/mol. The van der Waals surface area contributed by atoms with Crippen LogP contribution in [0.2, 0.25) is 0 Å². The summed E-state index contributed by atoms with van der Waals surface area (Å²) < 4.78 is 0. The van der Waals surface area contributed by atoms with Crippen LogP contribution in [0.5, 0.6) is 0 Å². The number of thioether (sulfide) groups is 1. The van der Waals surface area contributed by atoms with Crippen LogP contribution in [-0.4, -0.2) is 21.8 Å². The number of aromatic nitrogens is 2. The molecule has 0 amide bonds. The third kappa shape index (κ3) is 3.96. The normalized spacial score (nSPS) is 20.8. The van der Waals surface area contributed by atoms with E-state index in [1.165, 1.54) is 25.0 Å². The maximum absolute atomic E-state index is 4.67. The van der Waals surface area contributed by atoms with Gasteiger partial charge in [-0.15, -0.1) is 0 Å². The zero-order valence-corrected chi connectivity index (χ0v) is 11.5. The van der Waals surface area contributed by atoms with Crippen LogP contribution >= 0.6 is 11.8 Å². The van der Waals surface area contributed by atoms with Gasteiger partial charge in [-0.2, -0.15) is 11.8 Å². The molecule has 0 aromatic carbocycles. The van der Waals surface area contributed by atoms with E-state index in [0.717, 1.165) is 18.1 Å². The van der Waals surface area contributed by atoms with Crippen LogP contribution in [0.1, 0.15) is 49.9 Å². The number of rotatable bonds is 4. The van der Waals surface area contributed by atoms with E-state index in [0.29, 0.717) is 11.3 Å². The topological polar surface area (TPSA) is 37.8 Å². The molecule has 17 heavy (non-hydrogen) atoms. The van der Waals surface area contributed by atoms with Crippen LogP contribution < -0.4 is 5.32 Å². The highest BCUT2D eigenvalue weighted by Crippen LogP contribution is 2.36. The third-order valence-electron chi connectivity index (χ3n) is 2.89. The molecule has 0 saturated carbocycles. The molecule has 2 heterocycles. The molecule has 0 aliphatic carbocycles. The Hall–Kier alpha value is -0.610. The van der Waals surface area contributed by atoms with Crippen LogP contribution in [0, 0.1) is 0 Å². The maximum atomic E-state index is 4.67. The molecular weight excluding hydrogens is 230 g/mol. The van der Waals surface area contributed by atoms with E-state index in [2.05, 4.69) is 29.1 Å². The lowest BCUT2D eigenvalue weighted by molar-refractivity contribution is 0.576. The van der Waals surface area contributed by atoms with E-state index in [9.17, 15) is 0 Å². The zero-order valence-electron chi connectivity index (χ0n) is 10.6. The van der Waals surface area contributed by atoms with Gasteiger partial charge < -0.3 is 5.32 Å². The Morgan fingerprint density at radius 2 is 2.35 bits per heavy atom. The minimum Gasteiger partial charge on any atom is -0.309 e. The monoisotopic (exact) mass is 251 g/mol. The van der Waals surface area contributed by atoms with Gasteiger partial charge in [0.05, 0.1) is 10.9 Å². The number of nitrogens with zero attached hydrogens (tertiary/aromatic N) is 2. The molecule has 1 fully saturated rings. The van der Waals surface area contributed by atoms with Crippen molar-refractivity contribution < 1.29 is 0 Å². The lowest BCUT2D eigenvalue weighted by atomic mass is 10.2. The predicted octanol–water partition coefficient (Wildman–Crippen LogP) is 2.93. The smallest absolute Gasteiger partial charge is 0.141 e. The van der Waals surface area contributed by atoms with Crippen LogP contribution in [0.3, 0.4) is 0 Å². The molecule has 1 N–H and O–H groups in total. The van der Waals surface area contributed by atoms with Crippen molar-refractivity contribution in [2.75, 3.05) is 5.75 Å². The van der Waals surface area contributed by atoms with Crippen LogP contribution in [0.15, 0.2) is 12.3 Å². The number of hydrogen-bond donors (Lipinski definition) is 1. The molecule has 2 rings (SSSR count). The molecule has 0 radical (unpaired) electrons. The minimum absolute atomic E-state index is 0.498. The molecule has 4 heteroatoms. The summed E-state index contributed by atoms with van der Waals surface area (Å²) in [6, 6.07) is 2.50. The summed E-state index contributed by atoms with van der Waals surface area (Å²) in [6.07, 6.45) is 5.78. The summed E-state index contributed by atoms with van der Waals surface area (Å²) in [5, 5.41) is 3.91. The van der Waals surface area contributed by atoms with Gasteiger partial charge in [0, 0.05) is 18.8 Å². The number of hydrogen-bond acceptors (Lipinski definition) is 4. The molecule has 1 saturated heterocycles. The molecule has 1 aliphatic heterocycles. The van der Waals surface area contributed by atoms with E-state index in [1.807, 2.05) is 24.0 Å².